The van der Waals surface area contributed by atoms with Gasteiger partial charge in [0.25, 0.3) is 0 Å². The summed E-state index contributed by atoms with van der Waals surface area (Å²) < 4.78 is 5.12. The second-order valence-electron chi connectivity index (χ2n) is 5.74. The van der Waals surface area contributed by atoms with E-state index < -0.39 is 5.97 Å². The van der Waals surface area contributed by atoms with Gasteiger partial charge < -0.3 is 9.84 Å². The molecule has 0 aromatic heterocycles. The topological polar surface area (TPSA) is 49.8 Å². The molecule has 1 aromatic carbocycles. The Bertz CT molecular complexity index is 436. The van der Waals surface area contributed by atoms with Crippen molar-refractivity contribution in [2.45, 2.75) is 44.8 Å². The van der Waals surface area contributed by atoms with Crippen LogP contribution >= 0.6 is 0 Å². The van der Waals surface area contributed by atoms with E-state index in [9.17, 15) is 9.90 Å². The number of likely N-dealkylation sites (tertiary alicyclic amines) is 1. The number of benzene rings is 1. The van der Waals surface area contributed by atoms with Crippen molar-refractivity contribution in [1.29, 1.82) is 0 Å². The van der Waals surface area contributed by atoms with Gasteiger partial charge in [-0.1, -0.05) is 37.1 Å². The standard InChI is InChI=1S/C17H25NO3/c1-21-13-14-6-8-15(9-7-14)16(12-17(19)20)18-10-4-2-3-5-11-18/h6-9,16H,2-5,10-13H2,1H3,(H,19,20). The van der Waals surface area contributed by atoms with Gasteiger partial charge in [0.15, 0.2) is 0 Å². The molecule has 1 saturated heterocycles. The number of hydrogen-bond donors (Lipinski definition) is 1. The van der Waals surface area contributed by atoms with Crippen molar-refractivity contribution in [2.75, 3.05) is 20.2 Å². The molecule has 0 spiro atoms. The van der Waals surface area contributed by atoms with Crippen LogP contribution in [0, 0.1) is 0 Å². The molecule has 1 aromatic rings. The highest BCUT2D eigenvalue weighted by atomic mass is 16.5. The maximum atomic E-state index is 11.2. The summed E-state index contributed by atoms with van der Waals surface area (Å²) in [5.74, 6) is -0.731. The van der Waals surface area contributed by atoms with Crippen molar-refractivity contribution in [3.05, 3.63) is 35.4 Å². The van der Waals surface area contributed by atoms with Crippen LogP contribution in [0.5, 0.6) is 0 Å². The van der Waals surface area contributed by atoms with E-state index >= 15 is 0 Å². The Morgan fingerprint density at radius 3 is 2.33 bits per heavy atom. The predicted molar refractivity (Wildman–Crippen MR) is 82.2 cm³/mol. The third-order valence-electron chi connectivity index (χ3n) is 4.12. The summed E-state index contributed by atoms with van der Waals surface area (Å²) in [5.41, 5.74) is 2.21. The Kier molecular flexibility index (Phi) is 6.21. The fourth-order valence-corrected chi connectivity index (χ4v) is 3.03. The first-order valence-corrected chi connectivity index (χ1v) is 7.74. The molecule has 1 aliphatic rings. The summed E-state index contributed by atoms with van der Waals surface area (Å²) in [6.07, 6.45) is 5.01. The van der Waals surface area contributed by atoms with Crippen LogP contribution < -0.4 is 0 Å². The number of methoxy groups -OCH3 is 1. The Balaban J connectivity index is 2.15. The summed E-state index contributed by atoms with van der Waals surface area (Å²) in [6.45, 7) is 2.59. The molecule has 2 rings (SSSR count). The van der Waals surface area contributed by atoms with E-state index in [0.717, 1.165) is 37.1 Å². The molecule has 0 bridgehead atoms. The summed E-state index contributed by atoms with van der Waals surface area (Å²) in [4.78, 5) is 13.6. The van der Waals surface area contributed by atoms with E-state index in [1.54, 1.807) is 7.11 Å². The molecule has 4 heteroatoms. The maximum absolute atomic E-state index is 11.2. The van der Waals surface area contributed by atoms with Crippen LogP contribution in [0.3, 0.4) is 0 Å². The smallest absolute Gasteiger partial charge is 0.305 e. The third-order valence-corrected chi connectivity index (χ3v) is 4.12. The van der Waals surface area contributed by atoms with Crippen LogP contribution in [-0.4, -0.2) is 36.2 Å². The number of aliphatic carboxylic acids is 1. The number of hydrogen-bond acceptors (Lipinski definition) is 3. The lowest BCUT2D eigenvalue weighted by Crippen LogP contribution is -2.31. The van der Waals surface area contributed by atoms with Crippen molar-refractivity contribution in [1.82, 2.24) is 4.90 Å². The summed E-state index contributed by atoms with van der Waals surface area (Å²) in [6, 6.07) is 8.15. The average molecular weight is 291 g/mol. The van der Waals surface area contributed by atoms with Crippen LogP contribution in [0.15, 0.2) is 24.3 Å². The SMILES string of the molecule is COCc1ccc(C(CC(=O)O)N2CCCCCC2)cc1. The Morgan fingerprint density at radius 2 is 1.81 bits per heavy atom. The Morgan fingerprint density at radius 1 is 1.19 bits per heavy atom. The number of carboxylic acids is 1. The van der Waals surface area contributed by atoms with Crippen molar-refractivity contribution >= 4 is 5.97 Å². The molecule has 1 aliphatic heterocycles. The number of carbonyl (C=O) groups is 1. The molecule has 1 heterocycles. The number of ether oxygens (including phenoxy) is 1. The molecule has 1 atom stereocenters. The molecule has 0 radical (unpaired) electrons. The minimum atomic E-state index is -0.731. The molecule has 1 fully saturated rings. The van der Waals surface area contributed by atoms with E-state index in [1.807, 2.05) is 24.3 Å². The van der Waals surface area contributed by atoms with Crippen molar-refractivity contribution in [3.63, 3.8) is 0 Å². The molecule has 0 saturated carbocycles. The minimum absolute atomic E-state index is 0.0165. The van der Waals surface area contributed by atoms with Crippen LogP contribution in [0.2, 0.25) is 0 Å². The van der Waals surface area contributed by atoms with Gasteiger partial charge in [0.05, 0.1) is 13.0 Å². The number of rotatable bonds is 6. The van der Waals surface area contributed by atoms with Gasteiger partial charge in [0.2, 0.25) is 0 Å². The molecule has 21 heavy (non-hydrogen) atoms. The number of nitrogens with zero attached hydrogens (tertiary/aromatic N) is 1. The van der Waals surface area contributed by atoms with Crippen LogP contribution in [0.4, 0.5) is 0 Å². The van der Waals surface area contributed by atoms with Crippen molar-refractivity contribution < 1.29 is 14.6 Å². The molecular weight excluding hydrogens is 266 g/mol. The number of carboxylic acid groups (broad SMARTS) is 1. The molecule has 0 aliphatic carbocycles. The summed E-state index contributed by atoms with van der Waals surface area (Å²) in [7, 11) is 1.68. The van der Waals surface area contributed by atoms with Gasteiger partial charge >= 0.3 is 5.97 Å². The highest BCUT2D eigenvalue weighted by Crippen LogP contribution is 2.27. The van der Waals surface area contributed by atoms with Gasteiger partial charge in [0.1, 0.15) is 0 Å². The fourth-order valence-electron chi connectivity index (χ4n) is 3.03. The maximum Gasteiger partial charge on any atom is 0.305 e. The second-order valence-corrected chi connectivity index (χ2v) is 5.74. The summed E-state index contributed by atoms with van der Waals surface area (Å²) in [5, 5.41) is 9.24. The Labute approximate surface area is 126 Å². The first-order valence-electron chi connectivity index (χ1n) is 7.74. The van der Waals surface area contributed by atoms with Gasteiger partial charge in [-0.3, -0.25) is 9.69 Å². The quantitative estimate of drug-likeness (QED) is 0.874. The lowest BCUT2D eigenvalue weighted by atomic mass is 10.00. The van der Waals surface area contributed by atoms with Gasteiger partial charge in [-0.2, -0.15) is 0 Å². The molecule has 0 amide bonds. The Hall–Kier alpha value is -1.39. The summed E-state index contributed by atoms with van der Waals surface area (Å²) >= 11 is 0. The van der Waals surface area contributed by atoms with Crippen molar-refractivity contribution in [3.8, 4) is 0 Å². The highest BCUT2D eigenvalue weighted by Gasteiger charge is 2.23. The molecule has 116 valence electrons. The fraction of sp³-hybridized carbons (Fsp3) is 0.588. The average Bonchev–Trinajstić information content (AvgIpc) is 2.75. The highest BCUT2D eigenvalue weighted by molar-refractivity contribution is 5.68. The van der Waals surface area contributed by atoms with E-state index in [2.05, 4.69) is 4.90 Å². The largest absolute Gasteiger partial charge is 0.481 e. The van der Waals surface area contributed by atoms with Crippen LogP contribution in [0.25, 0.3) is 0 Å². The van der Waals surface area contributed by atoms with E-state index in [1.165, 1.54) is 12.8 Å². The minimum Gasteiger partial charge on any atom is -0.481 e. The second kappa shape index (κ2) is 8.15. The zero-order valence-corrected chi connectivity index (χ0v) is 12.8. The van der Waals surface area contributed by atoms with E-state index in [4.69, 9.17) is 4.74 Å². The third kappa shape index (κ3) is 4.83. The van der Waals surface area contributed by atoms with E-state index in [0.29, 0.717) is 6.61 Å². The van der Waals surface area contributed by atoms with Gasteiger partial charge in [-0.25, -0.2) is 0 Å². The first-order chi connectivity index (χ1) is 10.2. The van der Waals surface area contributed by atoms with Crippen molar-refractivity contribution in [2.24, 2.45) is 0 Å². The lowest BCUT2D eigenvalue weighted by molar-refractivity contribution is -0.138. The zero-order valence-electron chi connectivity index (χ0n) is 12.8. The molecular formula is C17H25NO3. The first kappa shape index (κ1) is 16.0. The normalized spacial score (nSPS) is 18.1. The monoisotopic (exact) mass is 291 g/mol. The van der Waals surface area contributed by atoms with Crippen LogP contribution in [-0.2, 0) is 16.1 Å². The van der Waals surface area contributed by atoms with Gasteiger partial charge in [-0.05, 0) is 37.1 Å². The zero-order chi connectivity index (χ0) is 15.1. The van der Waals surface area contributed by atoms with Crippen LogP contribution in [0.1, 0.15) is 49.3 Å². The molecule has 1 unspecified atom stereocenters. The van der Waals surface area contributed by atoms with E-state index in [-0.39, 0.29) is 12.5 Å². The van der Waals surface area contributed by atoms with Gasteiger partial charge in [0, 0.05) is 13.2 Å². The van der Waals surface area contributed by atoms with Gasteiger partial charge in [-0.15, -0.1) is 0 Å². The predicted octanol–water partition coefficient (Wildman–Crippen LogP) is 3.22. The molecule has 1 N–H and O–H groups in total. The molecule has 4 nitrogen and oxygen atoms in total. The lowest BCUT2D eigenvalue weighted by Gasteiger charge is -2.30.